The number of nitrogens with two attached hydrogens (primary N) is 1. The van der Waals surface area contributed by atoms with Gasteiger partial charge < -0.3 is 15.6 Å². The first kappa shape index (κ1) is 14.8. The molecule has 0 fully saturated rings. The van der Waals surface area contributed by atoms with E-state index in [0.717, 1.165) is 11.3 Å². The van der Waals surface area contributed by atoms with Gasteiger partial charge in [-0.15, -0.1) is 0 Å². The van der Waals surface area contributed by atoms with Gasteiger partial charge in [0.2, 0.25) is 5.91 Å². The zero-order valence-electron chi connectivity index (χ0n) is 12.2. The summed E-state index contributed by atoms with van der Waals surface area (Å²) < 4.78 is 1.55. The number of nitrogen functional groups attached to an aromatic ring is 1. The number of carbonyl (C=O) groups is 1. The standard InChI is InChI=1S/C16H19N3O2/c1-11-4-3-8-19(16(11)21)9-7-15(20)18-14-6-5-13(17)10-12(14)2/h3-6,8,10H,7,9,17H2,1-2H3,(H,18,20). The number of anilines is 2. The van der Waals surface area contributed by atoms with Gasteiger partial charge in [-0.1, -0.05) is 6.07 Å². The Labute approximate surface area is 123 Å². The fraction of sp³-hybridized carbons (Fsp3) is 0.250. The average molecular weight is 285 g/mol. The molecular weight excluding hydrogens is 266 g/mol. The van der Waals surface area contributed by atoms with Crippen LogP contribution in [0.2, 0.25) is 0 Å². The molecule has 0 spiro atoms. The lowest BCUT2D eigenvalue weighted by Crippen LogP contribution is -2.24. The minimum atomic E-state index is -0.128. The third-order valence-corrected chi connectivity index (χ3v) is 3.31. The third-order valence-electron chi connectivity index (χ3n) is 3.31. The number of hydrogen-bond donors (Lipinski definition) is 2. The van der Waals surface area contributed by atoms with Crippen molar-refractivity contribution in [2.45, 2.75) is 26.8 Å². The van der Waals surface area contributed by atoms with Crippen LogP contribution in [0, 0.1) is 13.8 Å². The summed E-state index contributed by atoms with van der Waals surface area (Å²) in [6.45, 7) is 4.01. The number of aromatic nitrogens is 1. The number of pyridine rings is 1. The number of hydrogen-bond acceptors (Lipinski definition) is 3. The summed E-state index contributed by atoms with van der Waals surface area (Å²) in [6.07, 6.45) is 1.93. The molecule has 3 N–H and O–H groups in total. The van der Waals surface area contributed by atoms with E-state index in [1.807, 2.05) is 6.92 Å². The van der Waals surface area contributed by atoms with Crippen molar-refractivity contribution in [1.82, 2.24) is 4.57 Å². The minimum absolute atomic E-state index is 0.0611. The summed E-state index contributed by atoms with van der Waals surface area (Å²) in [5.41, 5.74) is 8.60. The lowest BCUT2D eigenvalue weighted by molar-refractivity contribution is -0.116. The SMILES string of the molecule is Cc1cc(N)ccc1NC(=O)CCn1cccc(C)c1=O. The summed E-state index contributed by atoms with van der Waals surface area (Å²) in [6, 6.07) is 8.89. The molecule has 0 aliphatic carbocycles. The van der Waals surface area contributed by atoms with Crippen molar-refractivity contribution < 1.29 is 4.79 Å². The Morgan fingerprint density at radius 2 is 2.00 bits per heavy atom. The van der Waals surface area contributed by atoms with E-state index in [-0.39, 0.29) is 17.9 Å². The highest BCUT2D eigenvalue weighted by molar-refractivity contribution is 5.91. The van der Waals surface area contributed by atoms with Crippen molar-refractivity contribution in [3.05, 3.63) is 58.0 Å². The Bertz CT molecular complexity index is 720. The molecule has 0 bridgehead atoms. The zero-order valence-corrected chi connectivity index (χ0v) is 12.2. The van der Waals surface area contributed by atoms with Gasteiger partial charge in [-0.2, -0.15) is 0 Å². The lowest BCUT2D eigenvalue weighted by atomic mass is 10.2. The van der Waals surface area contributed by atoms with E-state index in [9.17, 15) is 9.59 Å². The number of nitrogens with one attached hydrogen (secondary N) is 1. The molecule has 0 aliphatic rings. The van der Waals surface area contributed by atoms with Crippen LogP contribution < -0.4 is 16.6 Å². The monoisotopic (exact) mass is 285 g/mol. The topological polar surface area (TPSA) is 77.1 Å². The molecule has 21 heavy (non-hydrogen) atoms. The van der Waals surface area contributed by atoms with Crippen LogP contribution in [-0.2, 0) is 11.3 Å². The van der Waals surface area contributed by atoms with Gasteiger partial charge in [0.15, 0.2) is 0 Å². The molecule has 110 valence electrons. The van der Waals surface area contributed by atoms with E-state index in [4.69, 9.17) is 5.73 Å². The molecule has 1 aromatic heterocycles. The van der Waals surface area contributed by atoms with Gasteiger partial charge in [0.05, 0.1) is 0 Å². The van der Waals surface area contributed by atoms with Crippen molar-refractivity contribution >= 4 is 17.3 Å². The van der Waals surface area contributed by atoms with Crippen LogP contribution in [0.25, 0.3) is 0 Å². The number of carbonyl (C=O) groups excluding carboxylic acids is 1. The van der Waals surface area contributed by atoms with E-state index in [0.29, 0.717) is 17.8 Å². The molecule has 2 rings (SSSR count). The maximum atomic E-state index is 12.0. The molecule has 0 saturated heterocycles. The second kappa shape index (κ2) is 6.26. The molecule has 5 heteroatoms. The van der Waals surface area contributed by atoms with Gasteiger partial charge in [-0.05, 0) is 43.7 Å². The highest BCUT2D eigenvalue weighted by atomic mass is 16.1. The normalized spacial score (nSPS) is 10.4. The van der Waals surface area contributed by atoms with E-state index in [2.05, 4.69) is 5.32 Å². The molecular formula is C16H19N3O2. The molecule has 1 amide bonds. The Balaban J connectivity index is 1.99. The number of aryl methyl sites for hydroxylation is 3. The summed E-state index contributed by atoms with van der Waals surface area (Å²) >= 11 is 0. The van der Waals surface area contributed by atoms with Crippen molar-refractivity contribution in [3.8, 4) is 0 Å². The van der Waals surface area contributed by atoms with Gasteiger partial charge in [0.1, 0.15) is 0 Å². The van der Waals surface area contributed by atoms with Crippen LogP contribution in [-0.4, -0.2) is 10.5 Å². The lowest BCUT2D eigenvalue weighted by Gasteiger charge is -2.10. The van der Waals surface area contributed by atoms with Crippen LogP contribution in [0.3, 0.4) is 0 Å². The van der Waals surface area contributed by atoms with E-state index >= 15 is 0 Å². The van der Waals surface area contributed by atoms with Crippen molar-refractivity contribution in [1.29, 1.82) is 0 Å². The van der Waals surface area contributed by atoms with E-state index < -0.39 is 0 Å². The third kappa shape index (κ3) is 3.72. The Hall–Kier alpha value is -2.56. The predicted molar refractivity (Wildman–Crippen MR) is 84.3 cm³/mol. The predicted octanol–water partition coefficient (Wildman–Crippen LogP) is 2.08. The second-order valence-electron chi connectivity index (χ2n) is 5.06. The van der Waals surface area contributed by atoms with Crippen LogP contribution in [0.1, 0.15) is 17.5 Å². The van der Waals surface area contributed by atoms with Crippen molar-refractivity contribution in [3.63, 3.8) is 0 Å². The second-order valence-corrected chi connectivity index (χ2v) is 5.06. The summed E-state index contributed by atoms with van der Waals surface area (Å²) in [7, 11) is 0. The van der Waals surface area contributed by atoms with E-state index in [1.54, 1.807) is 48.0 Å². The molecule has 0 radical (unpaired) electrons. The molecule has 0 atom stereocenters. The van der Waals surface area contributed by atoms with Crippen LogP contribution in [0.15, 0.2) is 41.3 Å². The average Bonchev–Trinajstić information content (AvgIpc) is 2.43. The first-order chi connectivity index (χ1) is 9.97. The molecule has 0 saturated carbocycles. The van der Waals surface area contributed by atoms with Crippen LogP contribution >= 0.6 is 0 Å². The summed E-state index contributed by atoms with van der Waals surface area (Å²) in [4.78, 5) is 23.8. The minimum Gasteiger partial charge on any atom is -0.399 e. The maximum Gasteiger partial charge on any atom is 0.253 e. The van der Waals surface area contributed by atoms with Crippen molar-refractivity contribution in [2.24, 2.45) is 0 Å². The van der Waals surface area contributed by atoms with Gasteiger partial charge in [-0.3, -0.25) is 9.59 Å². The highest BCUT2D eigenvalue weighted by Crippen LogP contribution is 2.17. The van der Waals surface area contributed by atoms with Crippen LogP contribution in [0.4, 0.5) is 11.4 Å². The molecule has 0 aliphatic heterocycles. The fourth-order valence-corrected chi connectivity index (χ4v) is 2.09. The van der Waals surface area contributed by atoms with Gasteiger partial charge in [-0.25, -0.2) is 0 Å². The maximum absolute atomic E-state index is 12.0. The highest BCUT2D eigenvalue weighted by Gasteiger charge is 2.06. The molecule has 0 unspecified atom stereocenters. The first-order valence-electron chi connectivity index (χ1n) is 6.79. The van der Waals surface area contributed by atoms with E-state index in [1.165, 1.54) is 0 Å². The fourth-order valence-electron chi connectivity index (χ4n) is 2.09. The van der Waals surface area contributed by atoms with Gasteiger partial charge in [0.25, 0.3) is 5.56 Å². The smallest absolute Gasteiger partial charge is 0.253 e. The number of rotatable bonds is 4. The van der Waals surface area contributed by atoms with Gasteiger partial charge in [0, 0.05) is 36.1 Å². The molecule has 5 nitrogen and oxygen atoms in total. The zero-order chi connectivity index (χ0) is 15.4. The Kier molecular flexibility index (Phi) is 4.42. The van der Waals surface area contributed by atoms with Gasteiger partial charge >= 0.3 is 0 Å². The van der Waals surface area contributed by atoms with Crippen LogP contribution in [0.5, 0.6) is 0 Å². The summed E-state index contributed by atoms with van der Waals surface area (Å²) in [5.74, 6) is -0.128. The Morgan fingerprint density at radius 1 is 1.24 bits per heavy atom. The molecule has 2 aromatic rings. The Morgan fingerprint density at radius 3 is 2.71 bits per heavy atom. The number of benzene rings is 1. The number of amides is 1. The molecule has 1 aromatic carbocycles. The summed E-state index contributed by atoms with van der Waals surface area (Å²) in [5, 5.41) is 2.83. The molecule has 1 heterocycles. The number of nitrogens with zero attached hydrogens (tertiary/aromatic N) is 1. The quantitative estimate of drug-likeness (QED) is 0.844. The largest absolute Gasteiger partial charge is 0.399 e. The van der Waals surface area contributed by atoms with Crippen molar-refractivity contribution in [2.75, 3.05) is 11.1 Å². The first-order valence-corrected chi connectivity index (χ1v) is 6.79.